The lowest BCUT2D eigenvalue weighted by atomic mass is 10.0. The Morgan fingerprint density at radius 2 is 2.12 bits per heavy atom. The Labute approximate surface area is 97.0 Å². The summed E-state index contributed by atoms with van der Waals surface area (Å²) in [5, 5.41) is 20.8. The smallest absolute Gasteiger partial charge is 0.220 e. The van der Waals surface area contributed by atoms with Crippen LogP contribution in [0.5, 0.6) is 0 Å². The lowest BCUT2D eigenvalue weighted by molar-refractivity contribution is -0.122. The van der Waals surface area contributed by atoms with E-state index >= 15 is 0 Å². The maximum absolute atomic E-state index is 11.4. The van der Waals surface area contributed by atoms with Crippen LogP contribution in [0.3, 0.4) is 0 Å². The van der Waals surface area contributed by atoms with Crippen molar-refractivity contribution < 1.29 is 15.0 Å². The van der Waals surface area contributed by atoms with E-state index in [1.54, 1.807) is 0 Å². The van der Waals surface area contributed by atoms with Gasteiger partial charge in [0.2, 0.25) is 5.91 Å². The number of aliphatic hydroxyl groups is 2. The van der Waals surface area contributed by atoms with Crippen molar-refractivity contribution in [3.05, 3.63) is 0 Å². The van der Waals surface area contributed by atoms with Crippen LogP contribution >= 0.6 is 0 Å². The Morgan fingerprint density at radius 1 is 1.50 bits per heavy atom. The number of hydrogen-bond acceptors (Lipinski definition) is 4. The molecule has 2 unspecified atom stereocenters. The summed E-state index contributed by atoms with van der Waals surface area (Å²) in [6, 6.07) is 0. The fraction of sp³-hybridized carbons (Fsp3) is 0.909. The van der Waals surface area contributed by atoms with E-state index in [-0.39, 0.29) is 19.1 Å². The van der Waals surface area contributed by atoms with Crippen LogP contribution in [-0.2, 0) is 4.79 Å². The van der Waals surface area contributed by atoms with Crippen molar-refractivity contribution in [3.63, 3.8) is 0 Å². The number of amides is 1. The Kier molecular flexibility index (Phi) is 7.29. The van der Waals surface area contributed by atoms with Gasteiger partial charge in [0.15, 0.2) is 0 Å². The SMILES string of the molecule is CC(CCN)CCC(=O)NCC(C)(O)CO. The molecule has 0 aromatic rings. The van der Waals surface area contributed by atoms with E-state index in [2.05, 4.69) is 12.2 Å². The van der Waals surface area contributed by atoms with Crippen LogP contribution in [0.15, 0.2) is 0 Å². The molecule has 0 aromatic carbocycles. The molecule has 0 saturated carbocycles. The highest BCUT2D eigenvalue weighted by molar-refractivity contribution is 5.75. The minimum Gasteiger partial charge on any atom is -0.393 e. The first kappa shape index (κ1) is 15.3. The Morgan fingerprint density at radius 3 is 2.62 bits per heavy atom. The van der Waals surface area contributed by atoms with Crippen molar-refractivity contribution in [2.45, 2.75) is 38.7 Å². The van der Waals surface area contributed by atoms with Gasteiger partial charge in [0.25, 0.3) is 0 Å². The maximum atomic E-state index is 11.4. The third-order valence-electron chi connectivity index (χ3n) is 2.53. The van der Waals surface area contributed by atoms with Crippen LogP contribution in [0.4, 0.5) is 0 Å². The van der Waals surface area contributed by atoms with Gasteiger partial charge < -0.3 is 21.3 Å². The third kappa shape index (κ3) is 7.62. The van der Waals surface area contributed by atoms with Crippen molar-refractivity contribution in [1.82, 2.24) is 5.32 Å². The van der Waals surface area contributed by atoms with Crippen LogP contribution in [0.25, 0.3) is 0 Å². The summed E-state index contributed by atoms with van der Waals surface area (Å²) < 4.78 is 0. The fourth-order valence-electron chi connectivity index (χ4n) is 1.24. The quantitative estimate of drug-likeness (QED) is 0.458. The predicted octanol–water partition coefficient (Wildman–Crippen LogP) is -0.389. The summed E-state index contributed by atoms with van der Waals surface area (Å²) in [4.78, 5) is 11.4. The number of nitrogens with one attached hydrogen (secondary N) is 1. The molecule has 0 aliphatic carbocycles. The zero-order valence-corrected chi connectivity index (χ0v) is 10.2. The Bertz CT molecular complexity index is 207. The van der Waals surface area contributed by atoms with Gasteiger partial charge in [-0.2, -0.15) is 0 Å². The molecule has 0 heterocycles. The van der Waals surface area contributed by atoms with Crippen molar-refractivity contribution in [2.75, 3.05) is 19.7 Å². The van der Waals surface area contributed by atoms with Gasteiger partial charge in [-0.3, -0.25) is 4.79 Å². The van der Waals surface area contributed by atoms with E-state index in [9.17, 15) is 9.90 Å². The van der Waals surface area contributed by atoms with Gasteiger partial charge in [0.1, 0.15) is 5.60 Å². The van der Waals surface area contributed by atoms with Gasteiger partial charge in [-0.05, 0) is 32.2 Å². The van der Waals surface area contributed by atoms with Crippen LogP contribution in [-0.4, -0.2) is 41.4 Å². The first-order valence-corrected chi connectivity index (χ1v) is 5.71. The summed E-state index contributed by atoms with van der Waals surface area (Å²) in [5.74, 6) is 0.340. The highest BCUT2D eigenvalue weighted by Gasteiger charge is 2.19. The molecule has 1 amide bonds. The molecule has 0 aliphatic heterocycles. The van der Waals surface area contributed by atoms with Gasteiger partial charge in [-0.25, -0.2) is 0 Å². The Balaban J connectivity index is 3.67. The van der Waals surface area contributed by atoms with E-state index in [0.717, 1.165) is 12.8 Å². The number of rotatable bonds is 8. The van der Waals surface area contributed by atoms with Gasteiger partial charge in [-0.1, -0.05) is 6.92 Å². The molecule has 0 radical (unpaired) electrons. The molecule has 0 aromatic heterocycles. The van der Waals surface area contributed by atoms with E-state index in [0.29, 0.717) is 18.9 Å². The van der Waals surface area contributed by atoms with E-state index in [4.69, 9.17) is 10.8 Å². The van der Waals surface area contributed by atoms with Crippen LogP contribution in [0.1, 0.15) is 33.1 Å². The summed E-state index contributed by atoms with van der Waals surface area (Å²) >= 11 is 0. The zero-order chi connectivity index (χ0) is 12.6. The number of nitrogens with two attached hydrogens (primary N) is 1. The van der Waals surface area contributed by atoms with E-state index < -0.39 is 5.60 Å². The standard InChI is InChI=1S/C11H24N2O3/c1-9(5-6-12)3-4-10(15)13-7-11(2,16)8-14/h9,14,16H,3-8,12H2,1-2H3,(H,13,15). The molecule has 0 saturated heterocycles. The second-order valence-electron chi connectivity index (χ2n) is 4.65. The summed E-state index contributed by atoms with van der Waals surface area (Å²) in [5.41, 5.74) is 4.17. The Hall–Kier alpha value is -0.650. The number of carbonyl (C=O) groups is 1. The maximum Gasteiger partial charge on any atom is 0.220 e. The highest BCUT2D eigenvalue weighted by atomic mass is 16.3. The van der Waals surface area contributed by atoms with Gasteiger partial charge >= 0.3 is 0 Å². The minimum atomic E-state index is -1.24. The molecule has 5 heteroatoms. The zero-order valence-electron chi connectivity index (χ0n) is 10.2. The molecular weight excluding hydrogens is 208 g/mol. The average molecular weight is 232 g/mol. The van der Waals surface area contributed by atoms with Gasteiger partial charge in [0.05, 0.1) is 6.61 Å². The number of hydrogen-bond donors (Lipinski definition) is 4. The molecule has 0 aliphatic rings. The predicted molar refractivity (Wildman–Crippen MR) is 62.8 cm³/mol. The van der Waals surface area contributed by atoms with Gasteiger partial charge in [0, 0.05) is 13.0 Å². The van der Waals surface area contributed by atoms with E-state index in [1.165, 1.54) is 6.92 Å². The van der Waals surface area contributed by atoms with Gasteiger partial charge in [-0.15, -0.1) is 0 Å². The lowest BCUT2D eigenvalue weighted by Gasteiger charge is -2.20. The fourth-order valence-corrected chi connectivity index (χ4v) is 1.24. The van der Waals surface area contributed by atoms with Crippen molar-refractivity contribution >= 4 is 5.91 Å². The summed E-state index contributed by atoms with van der Waals surface area (Å²) in [6.45, 7) is 3.89. The summed E-state index contributed by atoms with van der Waals surface area (Å²) in [7, 11) is 0. The van der Waals surface area contributed by atoms with E-state index in [1.807, 2.05) is 0 Å². The molecule has 5 nitrogen and oxygen atoms in total. The molecule has 5 N–H and O–H groups in total. The number of carbonyl (C=O) groups excluding carboxylic acids is 1. The molecule has 0 rings (SSSR count). The second-order valence-corrected chi connectivity index (χ2v) is 4.65. The first-order chi connectivity index (χ1) is 7.41. The van der Waals surface area contributed by atoms with Crippen LogP contribution in [0, 0.1) is 5.92 Å². The molecular formula is C11H24N2O3. The molecule has 16 heavy (non-hydrogen) atoms. The normalized spacial score (nSPS) is 16.6. The molecule has 0 spiro atoms. The third-order valence-corrected chi connectivity index (χ3v) is 2.53. The molecule has 0 bridgehead atoms. The lowest BCUT2D eigenvalue weighted by Crippen LogP contribution is -2.43. The molecule has 0 fully saturated rings. The molecule has 96 valence electrons. The monoisotopic (exact) mass is 232 g/mol. The summed E-state index contributed by atoms with van der Waals surface area (Å²) in [6.07, 6.45) is 2.15. The highest BCUT2D eigenvalue weighted by Crippen LogP contribution is 2.09. The minimum absolute atomic E-state index is 0.0770. The van der Waals surface area contributed by atoms with Crippen molar-refractivity contribution in [3.8, 4) is 0 Å². The van der Waals surface area contributed by atoms with Crippen molar-refractivity contribution in [1.29, 1.82) is 0 Å². The average Bonchev–Trinajstić information content (AvgIpc) is 2.24. The first-order valence-electron chi connectivity index (χ1n) is 5.71. The van der Waals surface area contributed by atoms with Crippen LogP contribution < -0.4 is 11.1 Å². The second kappa shape index (κ2) is 7.60. The largest absolute Gasteiger partial charge is 0.393 e. The number of aliphatic hydroxyl groups excluding tert-OH is 1. The topological polar surface area (TPSA) is 95.6 Å². The van der Waals surface area contributed by atoms with Crippen LogP contribution in [0.2, 0.25) is 0 Å². The molecule has 2 atom stereocenters. The van der Waals surface area contributed by atoms with Crippen molar-refractivity contribution in [2.24, 2.45) is 11.7 Å².